The Hall–Kier alpha value is -1.30. The van der Waals surface area contributed by atoms with Crippen molar-refractivity contribution in [3.63, 3.8) is 0 Å². The summed E-state index contributed by atoms with van der Waals surface area (Å²) < 4.78 is 16.3. The minimum absolute atomic E-state index is 0.198. The van der Waals surface area contributed by atoms with E-state index in [1.165, 1.54) is 11.1 Å². The number of methoxy groups -OCH3 is 2. The smallest absolute Gasteiger partial charge is 0.161 e. The third-order valence-electron chi connectivity index (χ3n) is 4.68. The van der Waals surface area contributed by atoms with Gasteiger partial charge in [-0.05, 0) is 42.5 Å². The van der Waals surface area contributed by atoms with Crippen molar-refractivity contribution in [3.05, 3.63) is 23.3 Å². The number of hydrogen-bond donors (Lipinski definition) is 1. The maximum Gasteiger partial charge on any atom is 0.161 e. The largest absolute Gasteiger partial charge is 0.493 e. The number of nitrogens with zero attached hydrogens (tertiary/aromatic N) is 1. The molecule has 3 rings (SSSR count). The van der Waals surface area contributed by atoms with Gasteiger partial charge in [0.1, 0.15) is 6.61 Å². The first kappa shape index (κ1) is 15.6. The molecule has 5 heteroatoms. The van der Waals surface area contributed by atoms with E-state index >= 15 is 0 Å². The lowest BCUT2D eigenvalue weighted by Crippen LogP contribution is -2.42. The van der Waals surface area contributed by atoms with Gasteiger partial charge in [-0.15, -0.1) is 0 Å². The highest BCUT2D eigenvalue weighted by Gasteiger charge is 2.33. The van der Waals surface area contributed by atoms with Crippen molar-refractivity contribution in [2.24, 2.45) is 0 Å². The fourth-order valence-corrected chi connectivity index (χ4v) is 3.50. The van der Waals surface area contributed by atoms with Crippen LogP contribution in [0.1, 0.15) is 30.0 Å². The summed E-state index contributed by atoms with van der Waals surface area (Å²) in [7, 11) is 3.33. The Morgan fingerprint density at radius 1 is 1.18 bits per heavy atom. The van der Waals surface area contributed by atoms with E-state index < -0.39 is 0 Å². The molecular formula is C17H25NO4. The molecule has 122 valence electrons. The van der Waals surface area contributed by atoms with Crippen LogP contribution < -0.4 is 9.47 Å². The minimum atomic E-state index is -0.198. The monoisotopic (exact) mass is 307 g/mol. The standard InChI is InChI=1S/C17H25NO4/c1-20-7-8-22-17-9-12-3-5-18-6-4-13(19)10-15(18)14(12)11-16(17)21-2/h9,11,13,15,19H,3-8,10H2,1-2H3/t13-,15-/m1/s1. The Morgan fingerprint density at radius 3 is 2.82 bits per heavy atom. The first-order valence-corrected chi connectivity index (χ1v) is 7.97. The summed E-state index contributed by atoms with van der Waals surface area (Å²) in [5.74, 6) is 1.54. The number of aliphatic hydroxyl groups excluding tert-OH is 1. The van der Waals surface area contributed by atoms with Crippen molar-refractivity contribution in [1.82, 2.24) is 4.90 Å². The molecule has 0 amide bonds. The first-order chi connectivity index (χ1) is 10.7. The molecule has 0 saturated carbocycles. The third kappa shape index (κ3) is 3.07. The number of aliphatic hydroxyl groups is 1. The second-order valence-electron chi connectivity index (χ2n) is 6.02. The summed E-state index contributed by atoms with van der Waals surface area (Å²) in [4.78, 5) is 2.47. The van der Waals surface area contributed by atoms with Crippen LogP contribution in [0.3, 0.4) is 0 Å². The van der Waals surface area contributed by atoms with Gasteiger partial charge in [0.05, 0.1) is 19.8 Å². The molecule has 1 aromatic carbocycles. The van der Waals surface area contributed by atoms with Crippen molar-refractivity contribution < 1.29 is 19.3 Å². The number of fused-ring (bicyclic) bond motifs is 3. The van der Waals surface area contributed by atoms with Gasteiger partial charge in [0, 0.05) is 26.2 Å². The SMILES string of the molecule is COCCOc1cc2c(cc1OC)[C@H]1C[C@H](O)CCN1CC2. The molecule has 1 aromatic rings. The molecule has 0 spiro atoms. The van der Waals surface area contributed by atoms with E-state index in [4.69, 9.17) is 14.2 Å². The molecule has 2 atom stereocenters. The Labute approximate surface area is 131 Å². The van der Waals surface area contributed by atoms with Crippen LogP contribution in [-0.4, -0.2) is 56.6 Å². The van der Waals surface area contributed by atoms with Crippen molar-refractivity contribution in [2.45, 2.75) is 31.4 Å². The summed E-state index contributed by atoms with van der Waals surface area (Å²) in [6.07, 6.45) is 2.50. The zero-order chi connectivity index (χ0) is 15.5. The van der Waals surface area contributed by atoms with Crippen LogP contribution in [0.15, 0.2) is 12.1 Å². The van der Waals surface area contributed by atoms with Crippen LogP contribution in [0.25, 0.3) is 0 Å². The van der Waals surface area contributed by atoms with E-state index in [1.807, 2.05) is 0 Å². The van der Waals surface area contributed by atoms with Crippen LogP contribution in [0.5, 0.6) is 11.5 Å². The minimum Gasteiger partial charge on any atom is -0.493 e. The fraction of sp³-hybridized carbons (Fsp3) is 0.647. The quantitative estimate of drug-likeness (QED) is 0.840. The summed E-state index contributed by atoms with van der Waals surface area (Å²) in [5, 5.41) is 10.0. The van der Waals surface area contributed by atoms with Gasteiger partial charge in [-0.2, -0.15) is 0 Å². The number of benzene rings is 1. The molecule has 0 radical (unpaired) electrons. The molecule has 2 aliphatic heterocycles. The Bertz CT molecular complexity index is 520. The highest BCUT2D eigenvalue weighted by Crippen LogP contribution is 2.41. The molecule has 0 aromatic heterocycles. The van der Waals surface area contributed by atoms with E-state index in [0.717, 1.165) is 43.9 Å². The number of rotatable bonds is 5. The van der Waals surface area contributed by atoms with E-state index in [1.54, 1.807) is 14.2 Å². The van der Waals surface area contributed by atoms with Crippen LogP contribution >= 0.6 is 0 Å². The predicted octanol–water partition coefficient (Wildman–Crippen LogP) is 1.77. The van der Waals surface area contributed by atoms with Gasteiger partial charge in [0.2, 0.25) is 0 Å². The predicted molar refractivity (Wildman–Crippen MR) is 83.6 cm³/mol. The number of piperidine rings is 1. The molecule has 1 N–H and O–H groups in total. The molecule has 22 heavy (non-hydrogen) atoms. The Balaban J connectivity index is 1.87. The molecule has 5 nitrogen and oxygen atoms in total. The van der Waals surface area contributed by atoms with Crippen LogP contribution in [0, 0.1) is 0 Å². The molecule has 0 bridgehead atoms. The number of ether oxygens (including phenoxy) is 3. The Kier molecular flexibility index (Phi) is 4.86. The van der Waals surface area contributed by atoms with Crippen LogP contribution in [0.2, 0.25) is 0 Å². The highest BCUT2D eigenvalue weighted by molar-refractivity contribution is 5.49. The average molecular weight is 307 g/mol. The van der Waals surface area contributed by atoms with Crippen molar-refractivity contribution in [2.75, 3.05) is 40.5 Å². The first-order valence-electron chi connectivity index (χ1n) is 7.97. The lowest BCUT2D eigenvalue weighted by atomic mass is 9.85. The van der Waals surface area contributed by atoms with Gasteiger partial charge in [-0.1, -0.05) is 0 Å². The van der Waals surface area contributed by atoms with Crippen molar-refractivity contribution in [1.29, 1.82) is 0 Å². The third-order valence-corrected chi connectivity index (χ3v) is 4.68. The topological polar surface area (TPSA) is 51.2 Å². The molecule has 1 fully saturated rings. The van der Waals surface area contributed by atoms with Crippen molar-refractivity contribution >= 4 is 0 Å². The summed E-state index contributed by atoms with van der Waals surface area (Å²) >= 11 is 0. The summed E-state index contributed by atoms with van der Waals surface area (Å²) in [6, 6.07) is 4.49. The van der Waals surface area contributed by atoms with E-state index in [9.17, 15) is 5.11 Å². The maximum absolute atomic E-state index is 10.0. The van der Waals surface area contributed by atoms with E-state index in [0.29, 0.717) is 19.3 Å². The maximum atomic E-state index is 10.0. The average Bonchev–Trinajstić information content (AvgIpc) is 2.54. The summed E-state index contributed by atoms with van der Waals surface area (Å²) in [6.45, 7) is 3.09. The normalized spacial score (nSPS) is 24.5. The second-order valence-corrected chi connectivity index (χ2v) is 6.02. The van der Waals surface area contributed by atoms with Crippen LogP contribution in [-0.2, 0) is 11.2 Å². The van der Waals surface area contributed by atoms with E-state index in [-0.39, 0.29) is 6.10 Å². The van der Waals surface area contributed by atoms with Crippen molar-refractivity contribution in [3.8, 4) is 11.5 Å². The molecule has 1 saturated heterocycles. The summed E-state index contributed by atoms with van der Waals surface area (Å²) in [5.41, 5.74) is 2.59. The zero-order valence-corrected chi connectivity index (χ0v) is 13.4. The van der Waals surface area contributed by atoms with Gasteiger partial charge >= 0.3 is 0 Å². The fourth-order valence-electron chi connectivity index (χ4n) is 3.50. The van der Waals surface area contributed by atoms with Gasteiger partial charge in [0.15, 0.2) is 11.5 Å². The molecule has 0 unspecified atom stereocenters. The van der Waals surface area contributed by atoms with E-state index in [2.05, 4.69) is 17.0 Å². The van der Waals surface area contributed by atoms with Gasteiger partial charge in [-0.25, -0.2) is 0 Å². The van der Waals surface area contributed by atoms with Gasteiger partial charge < -0.3 is 19.3 Å². The van der Waals surface area contributed by atoms with Crippen LogP contribution in [0.4, 0.5) is 0 Å². The lowest BCUT2D eigenvalue weighted by Gasteiger charge is -2.42. The molecule has 2 heterocycles. The number of hydrogen-bond acceptors (Lipinski definition) is 5. The molecule has 0 aliphatic carbocycles. The lowest BCUT2D eigenvalue weighted by molar-refractivity contribution is 0.0359. The molecule has 2 aliphatic rings. The second kappa shape index (κ2) is 6.86. The van der Waals surface area contributed by atoms with Gasteiger partial charge in [-0.3, -0.25) is 4.90 Å². The zero-order valence-electron chi connectivity index (χ0n) is 13.4. The molecular weight excluding hydrogens is 282 g/mol. The van der Waals surface area contributed by atoms with Gasteiger partial charge in [0.25, 0.3) is 0 Å². The Morgan fingerprint density at radius 2 is 2.05 bits per heavy atom. The highest BCUT2D eigenvalue weighted by atomic mass is 16.5.